The van der Waals surface area contributed by atoms with Gasteiger partial charge in [0.2, 0.25) is 0 Å². The van der Waals surface area contributed by atoms with E-state index in [1.807, 2.05) is 18.2 Å². The van der Waals surface area contributed by atoms with E-state index in [0.29, 0.717) is 32.5 Å². The fraction of sp³-hybridized carbons (Fsp3) is 0.658. The third-order valence-electron chi connectivity index (χ3n) is 13.6. The maximum Gasteiger partial charge on any atom is 0.199 e. The SMILES string of the molecule is COCCCN(C[C@H](O)CO)C[C@]1(O)CC[C@H]2[C@]34C=C[C@@]5(C=C3C(=O)c3cc6ccccc6s3)CC(O)CC[C@]5(C)[C@H]4CC[C@@]21C. The highest BCUT2D eigenvalue weighted by molar-refractivity contribution is 7.21. The van der Waals surface area contributed by atoms with Crippen LogP contribution in [0.4, 0.5) is 0 Å². The van der Waals surface area contributed by atoms with Crippen LogP contribution in [0.3, 0.4) is 0 Å². The van der Waals surface area contributed by atoms with Gasteiger partial charge in [0.15, 0.2) is 5.78 Å². The molecule has 7 nitrogen and oxygen atoms in total. The second-order valence-corrected chi connectivity index (χ2v) is 16.8. The molecule has 0 radical (unpaired) electrons. The molecule has 1 unspecified atom stereocenters. The molecule has 0 saturated heterocycles. The second-order valence-electron chi connectivity index (χ2n) is 15.7. The van der Waals surface area contributed by atoms with Crippen LogP contribution in [0.25, 0.3) is 10.1 Å². The van der Waals surface area contributed by atoms with Crippen molar-refractivity contribution in [1.29, 1.82) is 0 Å². The van der Waals surface area contributed by atoms with Gasteiger partial charge in [-0.25, -0.2) is 0 Å². The summed E-state index contributed by atoms with van der Waals surface area (Å²) < 4.78 is 6.41. The van der Waals surface area contributed by atoms with Crippen molar-refractivity contribution in [3.8, 4) is 0 Å². The van der Waals surface area contributed by atoms with Crippen molar-refractivity contribution >= 4 is 27.2 Å². The number of benzene rings is 1. The van der Waals surface area contributed by atoms with Crippen LogP contribution in [-0.2, 0) is 4.74 Å². The molecule has 8 heteroatoms. The number of ketones is 1. The monoisotopic (exact) mass is 649 g/mol. The van der Waals surface area contributed by atoms with Gasteiger partial charge in [-0.1, -0.05) is 50.3 Å². The minimum atomic E-state index is -1.02. The molecule has 46 heavy (non-hydrogen) atoms. The second kappa shape index (κ2) is 11.6. The summed E-state index contributed by atoms with van der Waals surface area (Å²) in [6, 6.07) is 10.2. The number of rotatable bonds is 11. The normalized spacial score (nSPS) is 40.1. The van der Waals surface area contributed by atoms with Crippen LogP contribution in [0.5, 0.6) is 0 Å². The summed E-state index contributed by atoms with van der Waals surface area (Å²) in [5, 5.41) is 44.9. The minimum Gasteiger partial charge on any atom is -0.394 e. The van der Waals surface area contributed by atoms with E-state index in [1.165, 1.54) is 0 Å². The molecule has 2 spiro atoms. The molecule has 0 aliphatic heterocycles. The number of aliphatic hydroxyl groups is 4. The number of Topliss-reactive ketones (excluding diaryl/α,β-unsaturated/α-hetero) is 1. The number of fused-ring (bicyclic) bond motifs is 2. The molecule has 1 heterocycles. The summed E-state index contributed by atoms with van der Waals surface area (Å²) >= 11 is 1.56. The summed E-state index contributed by atoms with van der Waals surface area (Å²) in [6.45, 7) is 6.28. The van der Waals surface area contributed by atoms with Crippen molar-refractivity contribution in [3.05, 3.63) is 59.0 Å². The molecule has 3 saturated carbocycles. The lowest BCUT2D eigenvalue weighted by atomic mass is 9.32. The summed E-state index contributed by atoms with van der Waals surface area (Å²) in [6.07, 6.45) is 12.1. The highest BCUT2D eigenvalue weighted by atomic mass is 32.1. The fourth-order valence-corrected chi connectivity index (χ4v) is 12.2. The molecule has 1 aromatic heterocycles. The molecular formula is C38H51NO6S. The van der Waals surface area contributed by atoms with Crippen LogP contribution in [-0.4, -0.2) is 88.9 Å². The summed E-state index contributed by atoms with van der Waals surface area (Å²) in [4.78, 5) is 17.8. The number of hydrogen-bond donors (Lipinski definition) is 4. The highest BCUT2D eigenvalue weighted by Gasteiger charge is 2.74. The molecule has 3 fully saturated rings. The minimum absolute atomic E-state index is 0.0649. The molecule has 9 atom stereocenters. The Morgan fingerprint density at radius 3 is 2.59 bits per heavy atom. The molecule has 1 aromatic carbocycles. The Morgan fingerprint density at radius 1 is 1.09 bits per heavy atom. The number of thiophene rings is 1. The first-order valence-corrected chi connectivity index (χ1v) is 18.1. The summed E-state index contributed by atoms with van der Waals surface area (Å²) in [5.41, 5.74) is -1.54. The Bertz CT molecular complexity index is 1520. The number of allylic oxidation sites excluding steroid dienone is 4. The van der Waals surface area contributed by atoms with Gasteiger partial charge in [0.1, 0.15) is 0 Å². The maximum atomic E-state index is 14.9. The average molecular weight is 650 g/mol. The number of aliphatic hydroxyl groups excluding tert-OH is 3. The van der Waals surface area contributed by atoms with E-state index in [2.05, 4.69) is 49.1 Å². The van der Waals surface area contributed by atoms with Crippen LogP contribution in [0.15, 0.2) is 54.1 Å². The molecule has 250 valence electrons. The van der Waals surface area contributed by atoms with Crippen molar-refractivity contribution < 1.29 is 30.0 Å². The van der Waals surface area contributed by atoms with Crippen molar-refractivity contribution in [1.82, 2.24) is 4.90 Å². The van der Waals surface area contributed by atoms with Gasteiger partial charge in [-0.2, -0.15) is 0 Å². The number of methoxy groups -OCH3 is 1. The average Bonchev–Trinajstić information content (AvgIpc) is 3.59. The fourth-order valence-electron chi connectivity index (χ4n) is 11.2. The molecule has 6 aliphatic rings. The van der Waals surface area contributed by atoms with Crippen molar-refractivity contribution in [2.45, 2.75) is 83.0 Å². The smallest absolute Gasteiger partial charge is 0.199 e. The van der Waals surface area contributed by atoms with E-state index >= 15 is 0 Å². The third kappa shape index (κ3) is 4.62. The van der Waals surface area contributed by atoms with Gasteiger partial charge < -0.3 is 25.2 Å². The third-order valence-corrected chi connectivity index (χ3v) is 14.7. The van der Waals surface area contributed by atoms with Gasteiger partial charge >= 0.3 is 0 Å². The zero-order valence-electron chi connectivity index (χ0n) is 27.6. The quantitative estimate of drug-likeness (QED) is 0.147. The van der Waals surface area contributed by atoms with Gasteiger partial charge in [0, 0.05) is 59.9 Å². The topological polar surface area (TPSA) is 110 Å². The highest BCUT2D eigenvalue weighted by Crippen LogP contribution is 2.78. The Hall–Kier alpha value is -1.91. The molecule has 2 bridgehead atoms. The zero-order valence-corrected chi connectivity index (χ0v) is 28.4. The van der Waals surface area contributed by atoms with Crippen LogP contribution < -0.4 is 0 Å². The van der Waals surface area contributed by atoms with Gasteiger partial charge in [-0.3, -0.25) is 9.69 Å². The summed E-state index contributed by atoms with van der Waals surface area (Å²) in [7, 11) is 1.68. The van der Waals surface area contributed by atoms with Gasteiger partial charge in [-0.15, -0.1) is 11.3 Å². The molecule has 6 aliphatic carbocycles. The van der Waals surface area contributed by atoms with E-state index in [0.717, 1.165) is 59.1 Å². The molecular weight excluding hydrogens is 598 g/mol. The standard InChI is InChI=1S/C38H51NO6S/c1-34-12-9-26(41)20-36(34)15-16-38(28(21-36)33(43)30-19-25-7-4-5-8-29(25)46-30)31(34)10-13-35(2)32(38)11-14-37(35,44)24-39(17-6-18-45-3)22-27(42)23-40/h4-5,7-8,15-16,19,21,26-27,31-32,40-42,44H,6,9-14,17-18,20,22-24H2,1-3H3/t26?,27-,31+,32+,34+,35-,36-,37+,38+/m0/s1. The lowest BCUT2D eigenvalue weighted by Crippen LogP contribution is -2.67. The number of nitrogens with zero attached hydrogens (tertiary/aromatic N) is 1. The molecule has 4 N–H and O–H groups in total. The van der Waals surface area contributed by atoms with Crippen LogP contribution in [0, 0.1) is 33.5 Å². The Kier molecular flexibility index (Phi) is 8.23. The van der Waals surface area contributed by atoms with E-state index in [-0.39, 0.29) is 47.7 Å². The lowest BCUT2D eigenvalue weighted by molar-refractivity contribution is -0.177. The molecule has 0 amide bonds. The predicted molar refractivity (Wildman–Crippen MR) is 181 cm³/mol. The van der Waals surface area contributed by atoms with E-state index < -0.39 is 22.5 Å². The number of carbonyl (C=O) groups is 1. The maximum absolute atomic E-state index is 14.9. The van der Waals surface area contributed by atoms with Crippen molar-refractivity contribution in [3.63, 3.8) is 0 Å². The number of carbonyl (C=O) groups excluding carboxylic acids is 1. The van der Waals surface area contributed by atoms with E-state index in [4.69, 9.17) is 4.74 Å². The first-order chi connectivity index (χ1) is 22.0. The van der Waals surface area contributed by atoms with Gasteiger partial charge in [-0.05, 0) is 86.1 Å². The molecule has 8 rings (SSSR count). The van der Waals surface area contributed by atoms with Gasteiger partial charge in [0.05, 0.1) is 29.3 Å². The van der Waals surface area contributed by atoms with Crippen molar-refractivity contribution in [2.24, 2.45) is 33.5 Å². The van der Waals surface area contributed by atoms with Crippen LogP contribution >= 0.6 is 11.3 Å². The van der Waals surface area contributed by atoms with E-state index in [1.54, 1.807) is 18.4 Å². The Labute approximate surface area is 277 Å². The largest absolute Gasteiger partial charge is 0.394 e. The molecule has 2 aromatic rings. The lowest BCUT2D eigenvalue weighted by Gasteiger charge is -2.71. The Balaban J connectivity index is 1.31. The predicted octanol–water partition coefficient (Wildman–Crippen LogP) is 5.37. The van der Waals surface area contributed by atoms with E-state index in [9.17, 15) is 25.2 Å². The van der Waals surface area contributed by atoms with Crippen LogP contribution in [0.1, 0.15) is 74.9 Å². The van der Waals surface area contributed by atoms with Gasteiger partial charge in [0.25, 0.3) is 0 Å². The summed E-state index contributed by atoms with van der Waals surface area (Å²) in [5.74, 6) is 0.407. The van der Waals surface area contributed by atoms with Crippen LogP contribution in [0.2, 0.25) is 0 Å². The van der Waals surface area contributed by atoms with Crippen molar-refractivity contribution in [2.75, 3.05) is 40.0 Å². The number of ether oxygens (including phenoxy) is 1. The Morgan fingerprint density at radius 2 is 1.83 bits per heavy atom. The number of hydrogen-bond acceptors (Lipinski definition) is 8. The first kappa shape index (κ1) is 32.6. The first-order valence-electron chi connectivity index (χ1n) is 17.3. The zero-order chi connectivity index (χ0) is 32.5.